The molecule has 0 bridgehead atoms. The largest absolute Gasteiger partial charge is 0.511 e. The van der Waals surface area contributed by atoms with Crippen molar-refractivity contribution < 1.29 is 39.5 Å². The first-order valence-corrected chi connectivity index (χ1v) is 8.21. The minimum atomic E-state index is -5.54. The van der Waals surface area contributed by atoms with Gasteiger partial charge in [0.15, 0.2) is 0 Å². The third-order valence-corrected chi connectivity index (χ3v) is 4.27. The van der Waals surface area contributed by atoms with E-state index in [0.29, 0.717) is 4.90 Å². The maximum atomic E-state index is 12.4. The van der Waals surface area contributed by atoms with Gasteiger partial charge < -0.3 is 9.64 Å². The van der Waals surface area contributed by atoms with Gasteiger partial charge in [0.1, 0.15) is 24.4 Å². The van der Waals surface area contributed by atoms with Crippen LogP contribution < -0.4 is 4.72 Å². The second kappa shape index (κ2) is 7.40. The number of allylic oxidation sites excluding steroid dienone is 1. The molecular weight excluding hydrogens is 390 g/mol. The lowest BCUT2D eigenvalue weighted by Crippen LogP contribution is -2.43. The second-order valence-electron chi connectivity index (χ2n) is 4.83. The van der Waals surface area contributed by atoms with Crippen LogP contribution >= 0.6 is 11.6 Å². The molecule has 24 heavy (non-hydrogen) atoms. The Kier molecular flexibility index (Phi) is 6.44. The van der Waals surface area contributed by atoms with Gasteiger partial charge in [-0.15, -0.1) is 0 Å². The first-order chi connectivity index (χ1) is 10.7. The van der Waals surface area contributed by atoms with E-state index in [2.05, 4.69) is 0 Å². The molecule has 1 aliphatic rings. The van der Waals surface area contributed by atoms with Gasteiger partial charge in [-0.2, -0.15) is 26.3 Å². The summed E-state index contributed by atoms with van der Waals surface area (Å²) in [5, 5.41) is 0. The van der Waals surface area contributed by atoms with Gasteiger partial charge in [-0.3, -0.25) is 0 Å². The van der Waals surface area contributed by atoms with E-state index in [1.807, 2.05) is 0 Å². The zero-order valence-corrected chi connectivity index (χ0v) is 13.6. The fourth-order valence-corrected chi connectivity index (χ4v) is 2.50. The van der Waals surface area contributed by atoms with Crippen LogP contribution in [0.2, 0.25) is 0 Å². The molecule has 0 aromatic heterocycles. The van der Waals surface area contributed by atoms with Gasteiger partial charge in [-0.25, -0.2) is 13.1 Å². The number of alkyl halides is 7. The predicted octanol–water partition coefficient (Wildman–Crippen LogP) is 2.67. The van der Waals surface area contributed by atoms with Gasteiger partial charge in [0.25, 0.3) is 0 Å². The van der Waals surface area contributed by atoms with E-state index in [1.54, 1.807) is 0 Å². The molecule has 1 heterocycles. The molecule has 0 aliphatic carbocycles. The van der Waals surface area contributed by atoms with Crippen LogP contribution in [0.5, 0.6) is 0 Å². The summed E-state index contributed by atoms with van der Waals surface area (Å²) in [6.45, 7) is -0.777. The summed E-state index contributed by atoms with van der Waals surface area (Å²) in [6.07, 6.45) is -1.16. The topological polar surface area (TPSA) is 58.6 Å². The lowest BCUT2D eigenvalue weighted by molar-refractivity contribution is -0.141. The van der Waals surface area contributed by atoms with E-state index in [9.17, 15) is 34.8 Å². The predicted molar refractivity (Wildman–Crippen MR) is 73.1 cm³/mol. The van der Waals surface area contributed by atoms with E-state index < -0.39 is 46.4 Å². The standard InChI is InChI=1S/C11H13ClF6N2O3S/c1-7(19-24(21,22)11(16,17)18)5-23-8-2-3-9(12)20(4-8)6-10(13,14)15/h2-4,7,9,19H,5-6H2,1H3/t7-,9?/m0/s1. The van der Waals surface area contributed by atoms with Gasteiger partial charge in [0, 0.05) is 6.20 Å². The Morgan fingerprint density at radius 3 is 2.42 bits per heavy atom. The zero-order chi connectivity index (χ0) is 18.8. The van der Waals surface area contributed by atoms with Crippen LogP contribution in [0, 0.1) is 0 Å². The summed E-state index contributed by atoms with van der Waals surface area (Å²) < 4.78 is 102. The van der Waals surface area contributed by atoms with E-state index in [4.69, 9.17) is 16.3 Å². The zero-order valence-electron chi connectivity index (χ0n) is 12.0. The fraction of sp³-hybridized carbons (Fsp3) is 0.636. The summed E-state index contributed by atoms with van der Waals surface area (Å²) in [4.78, 5) is 0.710. The first-order valence-electron chi connectivity index (χ1n) is 6.29. The Morgan fingerprint density at radius 1 is 1.33 bits per heavy atom. The molecule has 0 saturated heterocycles. The van der Waals surface area contributed by atoms with Crippen LogP contribution in [0.4, 0.5) is 26.3 Å². The van der Waals surface area contributed by atoms with E-state index in [-0.39, 0.29) is 5.76 Å². The molecule has 0 aromatic rings. The maximum absolute atomic E-state index is 12.4. The Labute approximate surface area is 138 Å². The van der Waals surface area contributed by atoms with Crippen molar-refractivity contribution in [2.24, 2.45) is 0 Å². The molecule has 1 N–H and O–H groups in total. The molecule has 1 unspecified atom stereocenters. The van der Waals surface area contributed by atoms with Crippen LogP contribution in [-0.4, -0.2) is 49.7 Å². The Balaban J connectivity index is 2.63. The third-order valence-electron chi connectivity index (χ3n) is 2.55. The van der Waals surface area contributed by atoms with Gasteiger partial charge in [-0.05, 0) is 19.1 Å². The van der Waals surface area contributed by atoms with Crippen LogP contribution in [0.1, 0.15) is 6.92 Å². The van der Waals surface area contributed by atoms with Crippen LogP contribution in [0.15, 0.2) is 24.1 Å². The van der Waals surface area contributed by atoms with Crippen LogP contribution in [0.3, 0.4) is 0 Å². The Hall–Kier alpha value is -1.14. The van der Waals surface area contributed by atoms with Gasteiger partial charge in [0.05, 0.1) is 6.04 Å². The lowest BCUT2D eigenvalue weighted by atomic mass is 10.3. The number of ether oxygens (including phenoxy) is 1. The van der Waals surface area contributed by atoms with Crippen LogP contribution in [0.25, 0.3) is 0 Å². The highest BCUT2D eigenvalue weighted by Gasteiger charge is 2.46. The van der Waals surface area contributed by atoms with Crippen molar-refractivity contribution in [3.05, 3.63) is 24.1 Å². The highest BCUT2D eigenvalue weighted by Crippen LogP contribution is 2.24. The van der Waals surface area contributed by atoms with Gasteiger partial charge in [0.2, 0.25) is 0 Å². The molecule has 1 aliphatic heterocycles. The van der Waals surface area contributed by atoms with Gasteiger partial charge in [-0.1, -0.05) is 11.6 Å². The fourth-order valence-electron chi connectivity index (χ4n) is 1.57. The number of hydrogen-bond donors (Lipinski definition) is 1. The summed E-state index contributed by atoms with van der Waals surface area (Å²) in [7, 11) is -5.54. The number of rotatable bonds is 6. The first kappa shape index (κ1) is 20.9. The van der Waals surface area contributed by atoms with E-state index >= 15 is 0 Å². The Bertz CT molecular complexity index is 602. The summed E-state index contributed by atoms with van der Waals surface area (Å²) >= 11 is 5.68. The summed E-state index contributed by atoms with van der Waals surface area (Å²) in [5.74, 6) is -0.103. The molecular formula is C11H13ClF6N2O3S. The van der Waals surface area contributed by atoms with E-state index in [1.165, 1.54) is 16.9 Å². The molecule has 0 aromatic carbocycles. The third kappa shape index (κ3) is 6.40. The van der Waals surface area contributed by atoms with Crippen molar-refractivity contribution in [2.45, 2.75) is 30.2 Å². The molecule has 0 saturated carbocycles. The van der Waals surface area contributed by atoms with Crippen molar-refractivity contribution in [2.75, 3.05) is 13.2 Å². The number of hydrogen-bond acceptors (Lipinski definition) is 4. The monoisotopic (exact) mass is 402 g/mol. The number of nitrogens with one attached hydrogen (secondary N) is 1. The van der Waals surface area contributed by atoms with Crippen molar-refractivity contribution >= 4 is 21.6 Å². The van der Waals surface area contributed by atoms with Crippen molar-refractivity contribution in [3.63, 3.8) is 0 Å². The molecule has 0 amide bonds. The summed E-state index contributed by atoms with van der Waals surface area (Å²) in [6, 6.07) is -1.27. The molecule has 2 atom stereocenters. The molecule has 0 fully saturated rings. The lowest BCUT2D eigenvalue weighted by Gasteiger charge is -2.28. The smallest absolute Gasteiger partial charge is 0.490 e. The average molecular weight is 403 g/mol. The SMILES string of the molecule is C[C@@H](COC1=CN(CC(F)(F)F)C(Cl)C=C1)NS(=O)(=O)C(F)(F)F. The van der Waals surface area contributed by atoms with E-state index in [0.717, 1.165) is 13.1 Å². The van der Waals surface area contributed by atoms with Crippen molar-refractivity contribution in [1.29, 1.82) is 0 Å². The molecule has 0 radical (unpaired) electrons. The number of halogens is 7. The molecule has 140 valence electrons. The molecule has 13 heteroatoms. The maximum Gasteiger partial charge on any atom is 0.511 e. The van der Waals surface area contributed by atoms with Gasteiger partial charge >= 0.3 is 21.7 Å². The summed E-state index contributed by atoms with van der Waals surface area (Å²) in [5.41, 5.74) is -6.54. The average Bonchev–Trinajstić information content (AvgIpc) is 2.36. The Morgan fingerprint density at radius 2 is 1.92 bits per heavy atom. The molecule has 0 spiro atoms. The van der Waals surface area contributed by atoms with Crippen LogP contribution in [-0.2, 0) is 14.8 Å². The molecule has 1 rings (SSSR count). The van der Waals surface area contributed by atoms with Crippen molar-refractivity contribution in [3.8, 4) is 0 Å². The quantitative estimate of drug-likeness (QED) is 0.421. The minimum absolute atomic E-state index is 0.103. The number of sulfonamides is 1. The normalized spacial score (nSPS) is 20.8. The minimum Gasteiger partial charge on any atom is -0.490 e. The highest BCUT2D eigenvalue weighted by atomic mass is 35.5. The molecule has 5 nitrogen and oxygen atoms in total. The highest BCUT2D eigenvalue weighted by molar-refractivity contribution is 7.90. The van der Waals surface area contributed by atoms with Crippen molar-refractivity contribution in [1.82, 2.24) is 9.62 Å². The number of nitrogens with zero attached hydrogens (tertiary/aromatic N) is 1. The second-order valence-corrected chi connectivity index (χ2v) is 6.98.